The van der Waals surface area contributed by atoms with E-state index in [0.717, 1.165) is 94.2 Å². The molecule has 9 aromatic rings. The van der Waals surface area contributed by atoms with E-state index in [2.05, 4.69) is 77.7 Å². The molecule has 0 bridgehead atoms. The van der Waals surface area contributed by atoms with E-state index in [1.54, 1.807) is 22.7 Å². The molecule has 0 unspecified atom stereocenters. The Bertz CT molecular complexity index is 2510. The molecule has 0 fully saturated rings. The molecule has 0 saturated heterocycles. The SMILES string of the molecule is c1ccc2c(c1)CCCN2c1ccc2sc(-c3cc4ccccc4o3)c(-c3nc4ccccc4s3)c2c1-c1nc2ccccc2o1. The topological polar surface area (TPSA) is 55.3 Å². The van der Waals surface area contributed by atoms with Crippen LogP contribution in [-0.2, 0) is 6.42 Å². The van der Waals surface area contributed by atoms with Crippen molar-refractivity contribution in [2.75, 3.05) is 11.4 Å². The number of benzene rings is 5. The van der Waals surface area contributed by atoms with Crippen LogP contribution in [0.1, 0.15) is 12.0 Å². The van der Waals surface area contributed by atoms with Crippen molar-refractivity contribution in [3.8, 4) is 32.7 Å². The van der Waals surface area contributed by atoms with Crippen molar-refractivity contribution in [2.45, 2.75) is 12.8 Å². The summed E-state index contributed by atoms with van der Waals surface area (Å²) in [5.41, 5.74) is 9.20. The zero-order valence-electron chi connectivity index (χ0n) is 24.6. The molecule has 0 saturated carbocycles. The Hall–Kier alpha value is -5.24. The van der Waals surface area contributed by atoms with E-state index in [1.165, 1.54) is 11.3 Å². The number of oxazole rings is 1. The van der Waals surface area contributed by atoms with E-state index >= 15 is 0 Å². The van der Waals surface area contributed by atoms with E-state index < -0.39 is 0 Å². The number of rotatable bonds is 4. The maximum absolute atomic E-state index is 6.62. The predicted molar refractivity (Wildman–Crippen MR) is 190 cm³/mol. The van der Waals surface area contributed by atoms with Crippen LogP contribution in [0.15, 0.2) is 124 Å². The summed E-state index contributed by atoms with van der Waals surface area (Å²) in [5.74, 6) is 1.45. The van der Waals surface area contributed by atoms with Crippen molar-refractivity contribution in [1.82, 2.24) is 9.97 Å². The molecule has 1 aliphatic rings. The molecule has 0 amide bonds. The summed E-state index contributed by atoms with van der Waals surface area (Å²) in [4.78, 5) is 13.8. The van der Waals surface area contributed by atoms with Gasteiger partial charge in [0.25, 0.3) is 0 Å². The van der Waals surface area contributed by atoms with Gasteiger partial charge in [0.2, 0.25) is 5.89 Å². The van der Waals surface area contributed by atoms with Gasteiger partial charge >= 0.3 is 0 Å². The van der Waals surface area contributed by atoms with Crippen LogP contribution in [0.4, 0.5) is 11.4 Å². The molecule has 0 radical (unpaired) electrons. The van der Waals surface area contributed by atoms with Gasteiger partial charge in [0.1, 0.15) is 21.9 Å². The number of hydrogen-bond acceptors (Lipinski definition) is 7. The third-order valence-corrected chi connectivity index (χ3v) is 11.1. The first-order valence-electron chi connectivity index (χ1n) is 15.4. The van der Waals surface area contributed by atoms with Crippen LogP contribution in [0.3, 0.4) is 0 Å². The van der Waals surface area contributed by atoms with Crippen molar-refractivity contribution in [1.29, 1.82) is 0 Å². The zero-order valence-corrected chi connectivity index (χ0v) is 26.2. The Morgan fingerprint density at radius 2 is 1.43 bits per heavy atom. The largest absolute Gasteiger partial charge is 0.455 e. The number of fused-ring (bicyclic) bond motifs is 5. The highest BCUT2D eigenvalue weighted by Crippen LogP contribution is 2.53. The van der Waals surface area contributed by atoms with Gasteiger partial charge in [-0.05, 0) is 73.0 Å². The van der Waals surface area contributed by atoms with Crippen molar-refractivity contribution in [2.24, 2.45) is 0 Å². The third-order valence-electron chi connectivity index (χ3n) is 8.90. The van der Waals surface area contributed by atoms with Crippen LogP contribution < -0.4 is 4.90 Å². The molecule has 0 atom stereocenters. The van der Waals surface area contributed by atoms with Gasteiger partial charge in [-0.25, -0.2) is 9.97 Å². The monoisotopic (exact) mass is 631 g/mol. The normalized spacial score (nSPS) is 13.3. The average molecular weight is 632 g/mol. The highest BCUT2D eigenvalue weighted by atomic mass is 32.1. The molecule has 5 aromatic carbocycles. The van der Waals surface area contributed by atoms with Gasteiger partial charge in [0.05, 0.1) is 26.3 Å². The quantitative estimate of drug-likeness (QED) is 0.193. The van der Waals surface area contributed by atoms with Gasteiger partial charge in [-0.1, -0.05) is 60.7 Å². The van der Waals surface area contributed by atoms with E-state index in [9.17, 15) is 0 Å². The van der Waals surface area contributed by atoms with Crippen LogP contribution in [0, 0.1) is 0 Å². The molecular formula is C39H25N3O2S2. The van der Waals surface area contributed by atoms with E-state index in [0.29, 0.717) is 5.89 Å². The number of aromatic nitrogens is 2. The Balaban J connectivity index is 1.34. The second kappa shape index (κ2) is 10.1. The molecule has 0 spiro atoms. The maximum atomic E-state index is 6.62. The fourth-order valence-corrected chi connectivity index (χ4v) is 9.09. The molecule has 5 nitrogen and oxygen atoms in total. The smallest absolute Gasteiger partial charge is 0.230 e. The minimum absolute atomic E-state index is 0.612. The summed E-state index contributed by atoms with van der Waals surface area (Å²) < 4.78 is 15.5. The van der Waals surface area contributed by atoms with Crippen molar-refractivity contribution < 1.29 is 8.83 Å². The van der Waals surface area contributed by atoms with Crippen LogP contribution in [0.5, 0.6) is 0 Å². The van der Waals surface area contributed by atoms with Crippen LogP contribution >= 0.6 is 22.7 Å². The number of anilines is 2. The lowest BCUT2D eigenvalue weighted by Gasteiger charge is -2.32. The first kappa shape index (κ1) is 26.0. The molecule has 220 valence electrons. The van der Waals surface area contributed by atoms with Gasteiger partial charge in [0.15, 0.2) is 5.58 Å². The lowest BCUT2D eigenvalue weighted by molar-refractivity contribution is 0.620. The van der Waals surface area contributed by atoms with E-state index in [1.807, 2.05) is 42.5 Å². The average Bonchev–Trinajstić information content (AvgIpc) is 3.90. The lowest BCUT2D eigenvalue weighted by Crippen LogP contribution is -2.25. The van der Waals surface area contributed by atoms with Gasteiger partial charge in [-0.2, -0.15) is 0 Å². The Morgan fingerprint density at radius 1 is 0.630 bits per heavy atom. The van der Waals surface area contributed by atoms with Crippen molar-refractivity contribution in [3.63, 3.8) is 0 Å². The van der Waals surface area contributed by atoms with Crippen LogP contribution in [0.2, 0.25) is 0 Å². The summed E-state index contributed by atoms with van der Waals surface area (Å²) in [6.45, 7) is 0.910. The van der Waals surface area contributed by atoms with Gasteiger partial charge in [-0.3, -0.25) is 0 Å². The number of furan rings is 1. The summed E-state index contributed by atoms with van der Waals surface area (Å²) in [7, 11) is 0. The molecule has 46 heavy (non-hydrogen) atoms. The Labute approximate surface area is 272 Å². The van der Waals surface area contributed by atoms with E-state index in [4.69, 9.17) is 18.8 Å². The number of hydrogen-bond donors (Lipinski definition) is 0. The molecule has 7 heteroatoms. The van der Waals surface area contributed by atoms with E-state index in [-0.39, 0.29) is 0 Å². The summed E-state index contributed by atoms with van der Waals surface area (Å²) in [5, 5.41) is 3.12. The molecule has 0 aliphatic carbocycles. The number of para-hydroxylation sites is 5. The Kier molecular flexibility index (Phi) is 5.74. The third kappa shape index (κ3) is 3.99. The molecule has 10 rings (SSSR count). The summed E-state index contributed by atoms with van der Waals surface area (Å²) >= 11 is 3.45. The first-order chi connectivity index (χ1) is 22.8. The second-order valence-electron chi connectivity index (χ2n) is 11.6. The number of thiophene rings is 1. The van der Waals surface area contributed by atoms with Gasteiger partial charge in [0, 0.05) is 33.3 Å². The predicted octanol–water partition coefficient (Wildman–Crippen LogP) is 11.5. The summed E-state index contributed by atoms with van der Waals surface area (Å²) in [6, 6.07) is 39.9. The minimum atomic E-state index is 0.612. The van der Waals surface area contributed by atoms with Gasteiger partial charge < -0.3 is 13.7 Å². The fourth-order valence-electron chi connectivity index (χ4n) is 6.84. The molecule has 1 aliphatic heterocycles. The molecule has 0 N–H and O–H groups in total. The fraction of sp³-hybridized carbons (Fsp3) is 0.0769. The molecular weight excluding hydrogens is 607 g/mol. The Morgan fingerprint density at radius 3 is 2.33 bits per heavy atom. The number of thiazole rings is 1. The zero-order chi connectivity index (χ0) is 30.2. The standard InChI is InChI=1S/C39H25N3O2S2/c1-5-15-27-23(10-1)12-9-21-42(27)28-19-20-33-35(34(28)38-40-25-13-3-7-17-30(25)44-38)36(39-41-26-14-4-8-18-32(26)46-39)37(45-33)31-22-24-11-2-6-16-29(24)43-31/h1-8,10-11,13-20,22H,9,12,21H2. The van der Waals surface area contributed by atoms with Crippen molar-refractivity contribution >= 4 is 76.4 Å². The first-order valence-corrected chi connectivity index (χ1v) is 17.1. The van der Waals surface area contributed by atoms with Crippen molar-refractivity contribution in [3.05, 3.63) is 121 Å². The highest BCUT2D eigenvalue weighted by molar-refractivity contribution is 7.25. The number of aryl methyl sites for hydroxylation is 1. The molecule has 4 aromatic heterocycles. The van der Waals surface area contributed by atoms with Crippen LogP contribution in [0.25, 0.3) is 75.0 Å². The van der Waals surface area contributed by atoms with Gasteiger partial charge in [-0.15, -0.1) is 22.7 Å². The minimum Gasteiger partial charge on any atom is -0.455 e. The molecule has 5 heterocycles. The lowest BCUT2D eigenvalue weighted by atomic mass is 9.97. The second-order valence-corrected chi connectivity index (χ2v) is 13.7. The van der Waals surface area contributed by atoms with Crippen LogP contribution in [-0.4, -0.2) is 16.5 Å². The number of nitrogens with zero attached hydrogens (tertiary/aromatic N) is 3. The highest BCUT2D eigenvalue weighted by Gasteiger charge is 2.30. The maximum Gasteiger partial charge on any atom is 0.230 e. The summed E-state index contributed by atoms with van der Waals surface area (Å²) in [6.07, 6.45) is 2.14.